The number of likely N-dealkylation sites (tertiary alicyclic amines) is 1. The van der Waals surface area contributed by atoms with E-state index in [0.29, 0.717) is 6.42 Å². The number of hydrogen-bond acceptors (Lipinski definition) is 3. The summed E-state index contributed by atoms with van der Waals surface area (Å²) in [4.78, 5) is 13.6. The topological polar surface area (TPSA) is 58.4 Å². The van der Waals surface area contributed by atoms with E-state index in [1.807, 2.05) is 0 Å². The number of nitrogens with two attached hydrogens (primary N) is 1. The molecular weight excluding hydrogens is 226 g/mol. The molecular formula is C14H29N3O. The number of carbonyl (C=O) groups is 1. The molecule has 1 amide bonds. The van der Waals surface area contributed by atoms with Gasteiger partial charge in [0.2, 0.25) is 5.91 Å². The van der Waals surface area contributed by atoms with Crippen LogP contribution < -0.4 is 11.3 Å². The van der Waals surface area contributed by atoms with Gasteiger partial charge in [-0.1, -0.05) is 26.2 Å². The summed E-state index contributed by atoms with van der Waals surface area (Å²) in [7, 11) is 0. The molecule has 1 saturated heterocycles. The zero-order valence-corrected chi connectivity index (χ0v) is 11.8. The summed E-state index contributed by atoms with van der Waals surface area (Å²) >= 11 is 0. The van der Waals surface area contributed by atoms with Gasteiger partial charge in [-0.2, -0.15) is 0 Å². The van der Waals surface area contributed by atoms with Crippen LogP contribution in [-0.2, 0) is 4.79 Å². The Morgan fingerprint density at radius 3 is 2.83 bits per heavy atom. The van der Waals surface area contributed by atoms with Crippen molar-refractivity contribution in [1.82, 2.24) is 10.3 Å². The van der Waals surface area contributed by atoms with Crippen molar-refractivity contribution >= 4 is 5.91 Å². The van der Waals surface area contributed by atoms with Crippen molar-refractivity contribution < 1.29 is 4.79 Å². The molecule has 1 unspecified atom stereocenters. The van der Waals surface area contributed by atoms with Gasteiger partial charge in [-0.05, 0) is 45.2 Å². The SMILES string of the molecule is CCC1CCCCCN1CCCCCC(=O)NN. The molecule has 0 aromatic heterocycles. The van der Waals surface area contributed by atoms with Gasteiger partial charge in [0.1, 0.15) is 0 Å². The van der Waals surface area contributed by atoms with Crippen molar-refractivity contribution in [3.8, 4) is 0 Å². The molecule has 0 aromatic rings. The zero-order chi connectivity index (χ0) is 13.2. The van der Waals surface area contributed by atoms with Crippen molar-refractivity contribution in [2.45, 2.75) is 70.8 Å². The maximum Gasteiger partial charge on any atom is 0.233 e. The van der Waals surface area contributed by atoms with Gasteiger partial charge in [0.15, 0.2) is 0 Å². The molecule has 1 heterocycles. The predicted molar refractivity (Wildman–Crippen MR) is 74.9 cm³/mol. The summed E-state index contributed by atoms with van der Waals surface area (Å²) in [6.07, 6.45) is 10.6. The molecule has 0 saturated carbocycles. The Labute approximate surface area is 111 Å². The van der Waals surface area contributed by atoms with Crippen LogP contribution in [0.25, 0.3) is 0 Å². The van der Waals surface area contributed by atoms with Gasteiger partial charge in [0.05, 0.1) is 0 Å². The lowest BCUT2D eigenvalue weighted by Gasteiger charge is -2.29. The molecule has 4 heteroatoms. The van der Waals surface area contributed by atoms with E-state index in [9.17, 15) is 4.79 Å². The summed E-state index contributed by atoms with van der Waals surface area (Å²) in [5.74, 6) is 5.00. The Kier molecular flexibility index (Phi) is 8.01. The first-order chi connectivity index (χ1) is 8.77. The maximum atomic E-state index is 11.0. The van der Waals surface area contributed by atoms with E-state index in [2.05, 4.69) is 17.2 Å². The summed E-state index contributed by atoms with van der Waals surface area (Å²) < 4.78 is 0. The smallest absolute Gasteiger partial charge is 0.233 e. The molecule has 0 spiro atoms. The van der Waals surface area contributed by atoms with Gasteiger partial charge >= 0.3 is 0 Å². The van der Waals surface area contributed by atoms with E-state index >= 15 is 0 Å². The molecule has 106 valence electrons. The molecule has 18 heavy (non-hydrogen) atoms. The summed E-state index contributed by atoms with van der Waals surface area (Å²) in [5, 5.41) is 0. The lowest BCUT2D eigenvalue weighted by molar-refractivity contribution is -0.121. The van der Waals surface area contributed by atoms with E-state index in [4.69, 9.17) is 5.84 Å². The van der Waals surface area contributed by atoms with Crippen molar-refractivity contribution in [3.05, 3.63) is 0 Å². The number of carbonyl (C=O) groups excluding carboxylic acids is 1. The van der Waals surface area contributed by atoms with Crippen LogP contribution >= 0.6 is 0 Å². The van der Waals surface area contributed by atoms with Crippen molar-refractivity contribution in [3.63, 3.8) is 0 Å². The Balaban J connectivity index is 2.14. The van der Waals surface area contributed by atoms with Crippen molar-refractivity contribution in [2.75, 3.05) is 13.1 Å². The average Bonchev–Trinajstić information content (AvgIpc) is 2.62. The van der Waals surface area contributed by atoms with E-state index in [0.717, 1.165) is 18.9 Å². The highest BCUT2D eigenvalue weighted by molar-refractivity contribution is 5.74. The second kappa shape index (κ2) is 9.34. The minimum atomic E-state index is -0.0452. The predicted octanol–water partition coefficient (Wildman–Crippen LogP) is 2.19. The number of amides is 1. The van der Waals surface area contributed by atoms with Crippen LogP contribution in [0.4, 0.5) is 0 Å². The van der Waals surface area contributed by atoms with E-state index in [-0.39, 0.29) is 5.91 Å². The van der Waals surface area contributed by atoms with Crippen LogP contribution in [0.2, 0.25) is 0 Å². The largest absolute Gasteiger partial charge is 0.300 e. The first kappa shape index (κ1) is 15.4. The van der Waals surface area contributed by atoms with Crippen molar-refractivity contribution in [1.29, 1.82) is 0 Å². The quantitative estimate of drug-likeness (QED) is 0.317. The number of rotatable bonds is 7. The fraction of sp³-hybridized carbons (Fsp3) is 0.929. The molecule has 4 nitrogen and oxygen atoms in total. The minimum Gasteiger partial charge on any atom is -0.300 e. The molecule has 3 N–H and O–H groups in total. The Morgan fingerprint density at radius 1 is 1.28 bits per heavy atom. The van der Waals surface area contributed by atoms with Crippen LogP contribution in [0, 0.1) is 0 Å². The summed E-state index contributed by atoms with van der Waals surface area (Å²) in [6.45, 7) is 4.76. The average molecular weight is 255 g/mol. The lowest BCUT2D eigenvalue weighted by Crippen LogP contribution is -2.35. The molecule has 1 fully saturated rings. The van der Waals surface area contributed by atoms with E-state index < -0.39 is 0 Å². The van der Waals surface area contributed by atoms with Gasteiger partial charge in [0.25, 0.3) is 0 Å². The van der Waals surface area contributed by atoms with Crippen LogP contribution in [0.3, 0.4) is 0 Å². The van der Waals surface area contributed by atoms with Gasteiger partial charge in [0, 0.05) is 12.5 Å². The molecule has 0 aromatic carbocycles. The third kappa shape index (κ3) is 5.83. The monoisotopic (exact) mass is 255 g/mol. The number of nitrogens with one attached hydrogen (secondary N) is 1. The van der Waals surface area contributed by atoms with Crippen LogP contribution in [0.5, 0.6) is 0 Å². The van der Waals surface area contributed by atoms with E-state index in [1.165, 1.54) is 51.6 Å². The third-order valence-corrected chi connectivity index (χ3v) is 3.98. The molecule has 0 aliphatic carbocycles. The molecule has 1 aliphatic rings. The van der Waals surface area contributed by atoms with Gasteiger partial charge in [-0.25, -0.2) is 5.84 Å². The highest BCUT2D eigenvalue weighted by Crippen LogP contribution is 2.19. The number of hydrogen-bond donors (Lipinski definition) is 2. The molecule has 1 atom stereocenters. The van der Waals surface area contributed by atoms with Crippen LogP contribution in [0.1, 0.15) is 64.7 Å². The first-order valence-corrected chi connectivity index (χ1v) is 7.51. The van der Waals surface area contributed by atoms with Crippen LogP contribution in [0.15, 0.2) is 0 Å². The first-order valence-electron chi connectivity index (χ1n) is 7.51. The summed E-state index contributed by atoms with van der Waals surface area (Å²) in [5.41, 5.74) is 2.18. The van der Waals surface area contributed by atoms with Gasteiger partial charge < -0.3 is 4.90 Å². The molecule has 1 rings (SSSR count). The standard InChI is InChI=1S/C14H29N3O/c1-2-13-9-5-3-7-11-17(13)12-8-4-6-10-14(18)16-15/h13H,2-12,15H2,1H3,(H,16,18). The molecule has 0 bridgehead atoms. The van der Waals surface area contributed by atoms with Gasteiger partial charge in [-0.3, -0.25) is 10.2 Å². The fourth-order valence-corrected chi connectivity index (χ4v) is 2.84. The highest BCUT2D eigenvalue weighted by Gasteiger charge is 2.18. The second-order valence-electron chi connectivity index (χ2n) is 5.33. The number of unbranched alkanes of at least 4 members (excludes halogenated alkanes) is 2. The lowest BCUT2D eigenvalue weighted by atomic mass is 10.1. The van der Waals surface area contributed by atoms with Gasteiger partial charge in [-0.15, -0.1) is 0 Å². The zero-order valence-electron chi connectivity index (χ0n) is 11.8. The number of nitrogens with zero attached hydrogens (tertiary/aromatic N) is 1. The fourth-order valence-electron chi connectivity index (χ4n) is 2.84. The third-order valence-electron chi connectivity index (χ3n) is 3.98. The van der Waals surface area contributed by atoms with Crippen molar-refractivity contribution in [2.24, 2.45) is 5.84 Å². The Hall–Kier alpha value is -0.610. The summed E-state index contributed by atoms with van der Waals surface area (Å²) in [6, 6.07) is 0.792. The highest BCUT2D eigenvalue weighted by atomic mass is 16.2. The maximum absolute atomic E-state index is 11.0. The molecule has 0 radical (unpaired) electrons. The van der Waals surface area contributed by atoms with Crippen LogP contribution in [-0.4, -0.2) is 29.9 Å². The normalized spacial score (nSPS) is 21.6. The number of hydrazine groups is 1. The Bertz CT molecular complexity index is 233. The Morgan fingerprint density at radius 2 is 2.11 bits per heavy atom. The van der Waals surface area contributed by atoms with E-state index in [1.54, 1.807) is 0 Å². The minimum absolute atomic E-state index is 0.0452. The molecule has 1 aliphatic heterocycles. The second-order valence-corrected chi connectivity index (χ2v) is 5.33.